The van der Waals surface area contributed by atoms with E-state index in [0.717, 1.165) is 17.7 Å². The molecule has 0 radical (unpaired) electrons. The van der Waals surface area contributed by atoms with Crippen LogP contribution >= 0.6 is 11.6 Å². The van der Waals surface area contributed by atoms with Gasteiger partial charge in [-0.05, 0) is 61.2 Å². The van der Waals surface area contributed by atoms with Crippen LogP contribution < -0.4 is 10.2 Å². The van der Waals surface area contributed by atoms with Crippen LogP contribution in [-0.4, -0.2) is 18.2 Å². The van der Waals surface area contributed by atoms with E-state index in [2.05, 4.69) is 24.4 Å². The lowest BCUT2D eigenvalue weighted by atomic mass is 10.1. The van der Waals surface area contributed by atoms with Crippen molar-refractivity contribution in [1.82, 2.24) is 5.43 Å². The second-order valence-electron chi connectivity index (χ2n) is 6.20. The average Bonchev–Trinajstić information content (AvgIpc) is 2.60. The predicted octanol–water partition coefficient (Wildman–Crippen LogP) is 4.92. The van der Waals surface area contributed by atoms with E-state index < -0.39 is 0 Å². The largest absolute Gasteiger partial charge is 0.494 e. The number of benzene rings is 2. The van der Waals surface area contributed by atoms with Gasteiger partial charge in [-0.3, -0.25) is 4.79 Å². The zero-order chi connectivity index (χ0) is 18.2. The van der Waals surface area contributed by atoms with E-state index in [9.17, 15) is 4.79 Å². The van der Waals surface area contributed by atoms with Gasteiger partial charge in [0.05, 0.1) is 12.3 Å². The van der Waals surface area contributed by atoms with Crippen molar-refractivity contribution < 1.29 is 9.53 Å². The quantitative estimate of drug-likeness (QED) is 0.564. The summed E-state index contributed by atoms with van der Waals surface area (Å²) in [5.41, 5.74) is 4.70. The lowest BCUT2D eigenvalue weighted by Gasteiger charge is -2.08. The van der Waals surface area contributed by atoms with Crippen LogP contribution in [0.5, 0.6) is 5.75 Å². The van der Waals surface area contributed by atoms with E-state index >= 15 is 0 Å². The molecule has 2 aromatic rings. The van der Waals surface area contributed by atoms with Crippen molar-refractivity contribution in [1.29, 1.82) is 0 Å². The van der Waals surface area contributed by atoms with E-state index in [-0.39, 0.29) is 5.91 Å². The zero-order valence-electron chi connectivity index (χ0n) is 14.8. The van der Waals surface area contributed by atoms with Gasteiger partial charge in [0.15, 0.2) is 0 Å². The summed E-state index contributed by atoms with van der Waals surface area (Å²) >= 11 is 5.86. The van der Waals surface area contributed by atoms with E-state index in [4.69, 9.17) is 16.3 Å². The Hall–Kier alpha value is -2.33. The SMILES string of the molecule is CC(=NNC(=O)c1ccc(OCCC(C)C)cc1)c1ccc(Cl)cc1. The first-order chi connectivity index (χ1) is 12.0. The zero-order valence-corrected chi connectivity index (χ0v) is 15.5. The molecule has 0 aliphatic heterocycles. The highest BCUT2D eigenvalue weighted by Gasteiger charge is 2.06. The predicted molar refractivity (Wildman–Crippen MR) is 103 cm³/mol. The number of nitrogens with one attached hydrogen (secondary N) is 1. The first-order valence-corrected chi connectivity index (χ1v) is 8.67. The van der Waals surface area contributed by atoms with Crippen LogP contribution in [0.15, 0.2) is 53.6 Å². The summed E-state index contributed by atoms with van der Waals surface area (Å²) in [6.45, 7) is 6.82. The highest BCUT2D eigenvalue weighted by atomic mass is 35.5. The number of halogens is 1. The van der Waals surface area contributed by atoms with Crippen molar-refractivity contribution in [3.8, 4) is 5.75 Å². The van der Waals surface area contributed by atoms with Crippen LogP contribution in [0.25, 0.3) is 0 Å². The maximum atomic E-state index is 12.2. The number of hydrazone groups is 1. The van der Waals surface area contributed by atoms with Gasteiger partial charge < -0.3 is 4.74 Å². The Balaban J connectivity index is 1.91. The van der Waals surface area contributed by atoms with Crippen molar-refractivity contribution in [2.75, 3.05) is 6.61 Å². The lowest BCUT2D eigenvalue weighted by molar-refractivity contribution is 0.0955. The van der Waals surface area contributed by atoms with Crippen molar-refractivity contribution in [2.45, 2.75) is 27.2 Å². The summed E-state index contributed by atoms with van der Waals surface area (Å²) in [6, 6.07) is 14.3. The number of rotatable bonds is 7. The Morgan fingerprint density at radius 2 is 1.68 bits per heavy atom. The molecule has 1 amide bonds. The Morgan fingerprint density at radius 1 is 1.08 bits per heavy atom. The molecule has 0 bridgehead atoms. The third-order valence-electron chi connectivity index (χ3n) is 3.67. The van der Waals surface area contributed by atoms with Crippen LogP contribution in [0.1, 0.15) is 43.1 Å². The van der Waals surface area contributed by atoms with Gasteiger partial charge in [0.25, 0.3) is 5.91 Å². The highest BCUT2D eigenvalue weighted by Crippen LogP contribution is 2.14. The van der Waals surface area contributed by atoms with E-state index in [1.54, 1.807) is 36.4 Å². The summed E-state index contributed by atoms with van der Waals surface area (Å²) in [6.07, 6.45) is 1.00. The molecule has 25 heavy (non-hydrogen) atoms. The molecular weight excluding hydrogens is 336 g/mol. The van der Waals surface area contributed by atoms with Gasteiger partial charge in [0.1, 0.15) is 5.75 Å². The number of amides is 1. The van der Waals surface area contributed by atoms with Crippen LogP contribution in [0.3, 0.4) is 0 Å². The van der Waals surface area contributed by atoms with Gasteiger partial charge in [-0.2, -0.15) is 5.10 Å². The van der Waals surface area contributed by atoms with Crippen molar-refractivity contribution >= 4 is 23.2 Å². The molecule has 0 unspecified atom stereocenters. The summed E-state index contributed by atoms with van der Waals surface area (Å²) in [4.78, 5) is 12.2. The summed E-state index contributed by atoms with van der Waals surface area (Å²) in [5, 5.41) is 4.80. The Morgan fingerprint density at radius 3 is 2.28 bits per heavy atom. The molecule has 0 aliphatic rings. The fraction of sp³-hybridized carbons (Fsp3) is 0.300. The molecule has 2 rings (SSSR count). The van der Waals surface area contributed by atoms with Gasteiger partial charge in [-0.25, -0.2) is 5.43 Å². The van der Waals surface area contributed by atoms with Crippen LogP contribution in [-0.2, 0) is 0 Å². The highest BCUT2D eigenvalue weighted by molar-refractivity contribution is 6.30. The fourth-order valence-corrected chi connectivity index (χ4v) is 2.20. The second kappa shape index (κ2) is 9.23. The standard InChI is InChI=1S/C20H23ClN2O2/c1-14(2)12-13-25-19-10-6-17(7-11-19)20(24)23-22-15(3)16-4-8-18(21)9-5-16/h4-11,14H,12-13H2,1-3H3,(H,23,24). The first kappa shape index (κ1) is 19.0. The number of hydrogen-bond donors (Lipinski definition) is 1. The normalized spacial score (nSPS) is 11.5. The van der Waals surface area contributed by atoms with E-state index in [0.29, 0.717) is 28.8 Å². The molecule has 0 fully saturated rings. The molecule has 5 heteroatoms. The van der Waals surface area contributed by atoms with Crippen LogP contribution in [0.2, 0.25) is 5.02 Å². The van der Waals surface area contributed by atoms with Crippen molar-refractivity contribution in [3.05, 3.63) is 64.7 Å². The fourth-order valence-electron chi connectivity index (χ4n) is 2.07. The monoisotopic (exact) mass is 358 g/mol. The number of carbonyl (C=O) groups is 1. The van der Waals surface area contributed by atoms with Gasteiger partial charge in [-0.15, -0.1) is 0 Å². The number of carbonyl (C=O) groups excluding carboxylic acids is 1. The van der Waals surface area contributed by atoms with Gasteiger partial charge >= 0.3 is 0 Å². The molecule has 0 saturated heterocycles. The smallest absolute Gasteiger partial charge is 0.271 e. The second-order valence-corrected chi connectivity index (χ2v) is 6.64. The van der Waals surface area contributed by atoms with Gasteiger partial charge in [0.2, 0.25) is 0 Å². The molecule has 4 nitrogen and oxygen atoms in total. The topological polar surface area (TPSA) is 50.7 Å². The molecule has 0 atom stereocenters. The molecule has 0 spiro atoms. The minimum atomic E-state index is -0.262. The van der Waals surface area contributed by atoms with Gasteiger partial charge in [-0.1, -0.05) is 37.6 Å². The number of nitrogens with zero attached hydrogens (tertiary/aromatic N) is 1. The third kappa shape index (κ3) is 6.24. The minimum absolute atomic E-state index is 0.262. The van der Waals surface area contributed by atoms with E-state index in [1.165, 1.54) is 0 Å². The van der Waals surface area contributed by atoms with Crippen LogP contribution in [0.4, 0.5) is 0 Å². The molecule has 132 valence electrons. The molecule has 0 aliphatic carbocycles. The van der Waals surface area contributed by atoms with E-state index in [1.807, 2.05) is 19.1 Å². The molecule has 0 aromatic heterocycles. The molecule has 0 heterocycles. The Labute approximate surface area is 153 Å². The summed E-state index contributed by atoms with van der Waals surface area (Å²) in [7, 11) is 0. The van der Waals surface area contributed by atoms with Gasteiger partial charge in [0, 0.05) is 10.6 Å². The molecular formula is C20H23ClN2O2. The summed E-state index contributed by atoms with van der Waals surface area (Å²) in [5.74, 6) is 1.10. The molecule has 2 aromatic carbocycles. The lowest BCUT2D eigenvalue weighted by Crippen LogP contribution is -2.19. The third-order valence-corrected chi connectivity index (χ3v) is 3.92. The Bertz CT molecular complexity index is 722. The summed E-state index contributed by atoms with van der Waals surface area (Å²) < 4.78 is 5.65. The molecule has 0 saturated carbocycles. The number of hydrogen-bond acceptors (Lipinski definition) is 3. The first-order valence-electron chi connectivity index (χ1n) is 8.29. The number of ether oxygens (including phenoxy) is 1. The minimum Gasteiger partial charge on any atom is -0.494 e. The average molecular weight is 359 g/mol. The van der Waals surface area contributed by atoms with Crippen LogP contribution in [0, 0.1) is 5.92 Å². The van der Waals surface area contributed by atoms with Crippen molar-refractivity contribution in [2.24, 2.45) is 11.0 Å². The Kier molecular flexibility index (Phi) is 7.02. The maximum absolute atomic E-state index is 12.2. The van der Waals surface area contributed by atoms with Crippen molar-refractivity contribution in [3.63, 3.8) is 0 Å². The maximum Gasteiger partial charge on any atom is 0.271 e. The molecule has 1 N–H and O–H groups in total.